The van der Waals surface area contributed by atoms with Crippen LogP contribution in [0.15, 0.2) is 0 Å². The number of quaternary nitrogens is 1. The third-order valence-electron chi connectivity index (χ3n) is 1.01. The summed E-state index contributed by atoms with van der Waals surface area (Å²) in [6.07, 6.45) is 0. The van der Waals surface area contributed by atoms with Crippen LogP contribution in [0, 0.1) is 15.7 Å². The van der Waals surface area contributed by atoms with Crippen LogP contribution in [0.2, 0.25) is 5.15 Å². The molecule has 0 aliphatic rings. The number of nitrogens with one attached hydrogen (secondary N) is 2. The minimum absolute atomic E-state index is 0.290. The van der Waals surface area contributed by atoms with Gasteiger partial charge < -0.3 is 0 Å². The quantitative estimate of drug-likeness (QED) is 0.298. The van der Waals surface area contributed by atoms with Gasteiger partial charge in [-0.3, -0.25) is 0 Å². The molecule has 0 amide bonds. The van der Waals surface area contributed by atoms with Crippen LogP contribution in [0.1, 0.15) is 5.69 Å². The van der Waals surface area contributed by atoms with Gasteiger partial charge in [-0.1, -0.05) is 0 Å². The van der Waals surface area contributed by atoms with Gasteiger partial charge in [-0.05, 0) is 0 Å². The summed E-state index contributed by atoms with van der Waals surface area (Å²) in [6.45, 7) is 1.76. The van der Waals surface area contributed by atoms with Crippen molar-refractivity contribution in [2.24, 2.45) is 0 Å². The van der Waals surface area contributed by atoms with Crippen LogP contribution in [-0.4, -0.2) is 15.4 Å². The fourth-order valence-corrected chi connectivity index (χ4v) is 2.33. The Hall–Kier alpha value is 0.110. The normalized spacial score (nSPS) is 13.8. The molecule has 3 N–H and O–H groups in total. The second kappa shape index (κ2) is 3.68. The van der Waals surface area contributed by atoms with Crippen LogP contribution < -0.4 is 24.9 Å². The zero-order chi connectivity index (χ0) is 8.43. The van der Waals surface area contributed by atoms with E-state index in [1.165, 1.54) is 0 Å². The van der Waals surface area contributed by atoms with Gasteiger partial charge in [-0.25, -0.2) is 0 Å². The molecular formula is C4H6ClIN3O2-. The second-order valence-corrected chi connectivity index (χ2v) is 4.70. The molecule has 0 saturated heterocycles. The standard InChI is InChI=1S/C4H6ClIN3O2/c1-2-3(6-9(10)11)4(5)8-7-2/h9-10H,1H3,(H,7,8)/q-1. The molecule has 0 aromatic carbocycles. The average Bonchev–Trinajstić information content (AvgIpc) is 2.18. The molecule has 0 bridgehead atoms. The Balaban J connectivity index is 2.83. The number of H-pyrrole nitrogens is 1. The maximum absolute atomic E-state index is 10.3. The third-order valence-corrected chi connectivity index (χ3v) is 3.92. The number of nitrogens with zero attached hydrogens (tertiary/aromatic N) is 1. The molecule has 0 radical (unpaired) electrons. The van der Waals surface area contributed by atoms with Crippen molar-refractivity contribution < 1.29 is 30.1 Å². The molecule has 0 aliphatic carbocycles. The number of aromatic nitrogens is 2. The minimum atomic E-state index is -1.05. The molecule has 1 aromatic rings. The van der Waals surface area contributed by atoms with Gasteiger partial charge in [-0.15, -0.1) is 0 Å². The van der Waals surface area contributed by atoms with Crippen LogP contribution >= 0.6 is 11.6 Å². The van der Waals surface area contributed by atoms with Crippen LogP contribution in [-0.2, 0) is 0 Å². The number of aromatic amines is 1. The first-order chi connectivity index (χ1) is 5.11. The molecule has 1 aromatic heterocycles. The Bertz CT molecular complexity index is 232. The van der Waals surface area contributed by atoms with Gasteiger partial charge in [0.2, 0.25) is 0 Å². The van der Waals surface area contributed by atoms with Gasteiger partial charge >= 0.3 is 78.5 Å². The molecule has 0 fully saturated rings. The Morgan fingerprint density at radius 3 is 2.82 bits per heavy atom. The predicted octanol–water partition coefficient (Wildman–Crippen LogP) is -3.68. The van der Waals surface area contributed by atoms with Crippen LogP contribution in [0.3, 0.4) is 0 Å². The third kappa shape index (κ3) is 2.27. The SMILES string of the molecule is Cc1[nH]nc(Cl)c1[I-][NH+]([O-])O. The topological polar surface area (TPSA) is 76.4 Å². The summed E-state index contributed by atoms with van der Waals surface area (Å²) in [5.41, 5.74) is 0.755. The molecule has 64 valence electrons. The number of hydrogen-bond donors (Lipinski definition) is 3. The average molecular weight is 290 g/mol. The molecule has 1 unspecified atom stereocenters. The molecular weight excluding hydrogens is 284 g/mol. The van der Waals surface area contributed by atoms with E-state index in [-0.39, 0.29) is 5.15 Å². The molecule has 11 heavy (non-hydrogen) atoms. The summed E-state index contributed by atoms with van der Waals surface area (Å²) in [7, 11) is 0. The van der Waals surface area contributed by atoms with E-state index in [0.29, 0.717) is 3.57 Å². The van der Waals surface area contributed by atoms with Crippen molar-refractivity contribution in [1.82, 2.24) is 10.2 Å². The first-order valence-corrected chi connectivity index (χ1v) is 5.23. The Morgan fingerprint density at radius 1 is 1.82 bits per heavy atom. The molecule has 5 nitrogen and oxygen atoms in total. The van der Waals surface area contributed by atoms with E-state index in [0.717, 1.165) is 5.69 Å². The Labute approximate surface area is 78.5 Å². The monoisotopic (exact) mass is 290 g/mol. The summed E-state index contributed by atoms with van der Waals surface area (Å²) in [4.78, 5) is 0. The van der Waals surface area contributed by atoms with Crippen molar-refractivity contribution >= 4 is 11.6 Å². The van der Waals surface area contributed by atoms with Gasteiger partial charge in [0.15, 0.2) is 0 Å². The first kappa shape index (κ1) is 9.20. The van der Waals surface area contributed by atoms with Crippen molar-refractivity contribution in [1.29, 1.82) is 0 Å². The predicted molar refractivity (Wildman–Crippen MR) is 33.1 cm³/mol. The van der Waals surface area contributed by atoms with Crippen molar-refractivity contribution in [2.45, 2.75) is 6.92 Å². The summed E-state index contributed by atoms with van der Waals surface area (Å²) < 4.78 is -0.131. The second-order valence-electron chi connectivity index (χ2n) is 1.80. The molecule has 7 heteroatoms. The Morgan fingerprint density at radius 2 is 2.45 bits per heavy atom. The number of halogens is 2. The van der Waals surface area contributed by atoms with Gasteiger partial charge in [0.25, 0.3) is 0 Å². The Kier molecular flexibility index (Phi) is 3.07. The van der Waals surface area contributed by atoms with Gasteiger partial charge in [0.05, 0.1) is 0 Å². The molecule has 1 rings (SSSR count). The van der Waals surface area contributed by atoms with Gasteiger partial charge in [0.1, 0.15) is 0 Å². The van der Waals surface area contributed by atoms with E-state index < -0.39 is 24.9 Å². The molecule has 0 aliphatic heterocycles. The fourth-order valence-electron chi connectivity index (χ4n) is 0.577. The molecule has 1 atom stereocenters. The maximum atomic E-state index is 10.3. The summed E-state index contributed by atoms with van der Waals surface area (Å²) in [5, 5.41) is 25.4. The van der Waals surface area contributed by atoms with Crippen LogP contribution in [0.5, 0.6) is 0 Å². The first-order valence-electron chi connectivity index (χ1n) is 2.69. The van der Waals surface area contributed by atoms with Crippen molar-refractivity contribution in [2.75, 3.05) is 0 Å². The van der Waals surface area contributed by atoms with Gasteiger partial charge in [0, 0.05) is 0 Å². The van der Waals surface area contributed by atoms with Crippen molar-refractivity contribution in [3.05, 3.63) is 19.6 Å². The number of hydrogen-bond acceptors (Lipinski definition) is 3. The molecule has 0 saturated carbocycles. The van der Waals surface area contributed by atoms with Gasteiger partial charge in [-0.2, -0.15) is 0 Å². The van der Waals surface area contributed by atoms with E-state index in [4.69, 9.17) is 16.8 Å². The zero-order valence-corrected chi connectivity index (χ0v) is 8.47. The van der Waals surface area contributed by atoms with Crippen LogP contribution in [0.4, 0.5) is 0 Å². The van der Waals surface area contributed by atoms with E-state index in [1.807, 2.05) is 0 Å². The van der Waals surface area contributed by atoms with Crippen molar-refractivity contribution in [3.8, 4) is 0 Å². The van der Waals surface area contributed by atoms with E-state index in [1.54, 1.807) is 6.92 Å². The number of rotatable bonds is 2. The number of aryl methyl sites for hydroxylation is 1. The summed E-state index contributed by atoms with van der Waals surface area (Å²) in [6, 6.07) is 0. The summed E-state index contributed by atoms with van der Waals surface area (Å²) in [5.74, 6) is 0. The molecule has 0 spiro atoms. The fraction of sp³-hybridized carbons (Fsp3) is 0.250. The molecule has 1 heterocycles. The van der Waals surface area contributed by atoms with E-state index >= 15 is 0 Å². The van der Waals surface area contributed by atoms with Crippen molar-refractivity contribution in [3.63, 3.8) is 0 Å². The van der Waals surface area contributed by atoms with E-state index in [9.17, 15) is 5.21 Å². The summed E-state index contributed by atoms with van der Waals surface area (Å²) >= 11 is 4.56. The zero-order valence-electron chi connectivity index (χ0n) is 5.56. The van der Waals surface area contributed by atoms with Crippen LogP contribution in [0.25, 0.3) is 0 Å². The van der Waals surface area contributed by atoms with E-state index in [2.05, 4.69) is 10.2 Å².